The summed E-state index contributed by atoms with van der Waals surface area (Å²) in [7, 11) is 0. The summed E-state index contributed by atoms with van der Waals surface area (Å²) in [4.78, 5) is 0. The van der Waals surface area contributed by atoms with Crippen molar-refractivity contribution in [2.45, 2.75) is 19.4 Å². The second-order valence-corrected chi connectivity index (χ2v) is 6.04. The highest BCUT2D eigenvalue weighted by Crippen LogP contribution is 2.23. The highest BCUT2D eigenvalue weighted by molar-refractivity contribution is 5.35. The van der Waals surface area contributed by atoms with E-state index in [2.05, 4.69) is 58.9 Å². The molecule has 2 heterocycles. The van der Waals surface area contributed by atoms with E-state index in [1.165, 1.54) is 11.1 Å². The predicted molar refractivity (Wildman–Crippen MR) is 95.2 cm³/mol. The largest absolute Gasteiger partial charge is 0.346 e. The lowest BCUT2D eigenvalue weighted by Crippen LogP contribution is -2.13. The number of aromatic nitrogens is 2. The van der Waals surface area contributed by atoms with Gasteiger partial charge in [-0.05, 0) is 29.3 Å². The molecule has 128 valence electrons. The third-order valence-corrected chi connectivity index (χ3v) is 4.21. The van der Waals surface area contributed by atoms with Crippen molar-refractivity contribution in [2.24, 2.45) is 0 Å². The Morgan fingerprint density at radius 3 is 2.52 bits per heavy atom. The van der Waals surface area contributed by atoms with Crippen LogP contribution in [-0.2, 0) is 22.6 Å². The van der Waals surface area contributed by atoms with Crippen molar-refractivity contribution in [1.29, 1.82) is 0 Å². The predicted octanol–water partition coefficient (Wildman–Crippen LogP) is 3.21. The standard InChI is InChI=1S/C20H21N3O2/c1-3-17(13-19(4-1)23-10-2-9-22-23)15-21-14-16-5-7-18(8-6-16)20-24-11-12-25-20/h1-10,13,20-21H,11-12,14-15H2. The monoisotopic (exact) mass is 335 g/mol. The zero-order chi connectivity index (χ0) is 16.9. The maximum Gasteiger partial charge on any atom is 0.184 e. The number of benzene rings is 2. The number of ether oxygens (including phenoxy) is 2. The molecule has 0 atom stereocenters. The van der Waals surface area contributed by atoms with E-state index in [4.69, 9.17) is 9.47 Å². The molecule has 0 amide bonds. The molecule has 0 spiro atoms. The summed E-state index contributed by atoms with van der Waals surface area (Å²) in [6.45, 7) is 2.97. The molecule has 25 heavy (non-hydrogen) atoms. The number of hydrogen-bond acceptors (Lipinski definition) is 4. The van der Waals surface area contributed by atoms with E-state index in [-0.39, 0.29) is 6.29 Å². The van der Waals surface area contributed by atoms with Crippen molar-refractivity contribution < 1.29 is 9.47 Å². The zero-order valence-electron chi connectivity index (χ0n) is 14.0. The second kappa shape index (κ2) is 7.61. The Morgan fingerprint density at radius 1 is 0.960 bits per heavy atom. The van der Waals surface area contributed by atoms with Crippen LogP contribution in [0.1, 0.15) is 23.0 Å². The molecule has 1 saturated heterocycles. The Hall–Kier alpha value is -2.47. The SMILES string of the molecule is c1cc(CNCc2ccc(C3OCCO3)cc2)cc(-n2cccn2)c1. The van der Waals surface area contributed by atoms with E-state index < -0.39 is 0 Å². The molecule has 0 unspecified atom stereocenters. The summed E-state index contributed by atoms with van der Waals surface area (Å²) in [6.07, 6.45) is 3.54. The van der Waals surface area contributed by atoms with Gasteiger partial charge < -0.3 is 14.8 Å². The van der Waals surface area contributed by atoms with Crippen molar-refractivity contribution >= 4 is 0 Å². The van der Waals surface area contributed by atoms with Crippen molar-refractivity contribution in [1.82, 2.24) is 15.1 Å². The molecule has 1 aliphatic heterocycles. The van der Waals surface area contributed by atoms with Gasteiger partial charge in [0, 0.05) is 31.0 Å². The maximum atomic E-state index is 5.51. The van der Waals surface area contributed by atoms with Crippen LogP contribution in [0.2, 0.25) is 0 Å². The quantitative estimate of drug-likeness (QED) is 0.751. The molecule has 1 N–H and O–H groups in total. The molecule has 1 fully saturated rings. The Bertz CT molecular complexity index is 794. The molecule has 0 radical (unpaired) electrons. The Kier molecular flexibility index (Phi) is 4.88. The molecule has 5 heteroatoms. The number of nitrogens with zero attached hydrogens (tertiary/aromatic N) is 2. The lowest BCUT2D eigenvalue weighted by atomic mass is 10.1. The smallest absolute Gasteiger partial charge is 0.184 e. The summed E-state index contributed by atoms with van der Waals surface area (Å²) in [6, 6.07) is 18.7. The molecule has 0 bridgehead atoms. The molecule has 1 aliphatic rings. The first-order valence-corrected chi connectivity index (χ1v) is 8.50. The fourth-order valence-corrected chi connectivity index (χ4v) is 2.93. The van der Waals surface area contributed by atoms with Gasteiger partial charge in [-0.3, -0.25) is 0 Å². The van der Waals surface area contributed by atoms with E-state index in [1.807, 2.05) is 16.9 Å². The highest BCUT2D eigenvalue weighted by atomic mass is 16.7. The molecule has 3 aromatic rings. The van der Waals surface area contributed by atoms with Gasteiger partial charge in [0.25, 0.3) is 0 Å². The van der Waals surface area contributed by atoms with Crippen LogP contribution in [0.15, 0.2) is 67.0 Å². The van der Waals surface area contributed by atoms with Crippen LogP contribution in [0.4, 0.5) is 0 Å². The fourth-order valence-electron chi connectivity index (χ4n) is 2.93. The van der Waals surface area contributed by atoms with Crippen molar-refractivity contribution in [3.8, 4) is 5.69 Å². The van der Waals surface area contributed by atoms with Crippen LogP contribution in [0.5, 0.6) is 0 Å². The third kappa shape index (κ3) is 3.96. The van der Waals surface area contributed by atoms with Gasteiger partial charge >= 0.3 is 0 Å². The molecule has 4 rings (SSSR count). The van der Waals surface area contributed by atoms with Crippen LogP contribution in [0, 0.1) is 0 Å². The first kappa shape index (κ1) is 16.0. The minimum Gasteiger partial charge on any atom is -0.346 e. The topological polar surface area (TPSA) is 48.3 Å². The summed E-state index contributed by atoms with van der Waals surface area (Å²) in [5.41, 5.74) is 4.63. The van der Waals surface area contributed by atoms with Crippen LogP contribution in [-0.4, -0.2) is 23.0 Å². The van der Waals surface area contributed by atoms with Gasteiger partial charge in [-0.15, -0.1) is 0 Å². The molecule has 5 nitrogen and oxygen atoms in total. The van der Waals surface area contributed by atoms with Crippen LogP contribution < -0.4 is 5.32 Å². The Labute approximate surface area is 147 Å². The van der Waals surface area contributed by atoms with Crippen molar-refractivity contribution in [3.63, 3.8) is 0 Å². The van der Waals surface area contributed by atoms with Crippen molar-refractivity contribution in [3.05, 3.63) is 83.7 Å². The average molecular weight is 335 g/mol. The van der Waals surface area contributed by atoms with E-state index in [1.54, 1.807) is 6.20 Å². The van der Waals surface area contributed by atoms with Crippen LogP contribution in [0.3, 0.4) is 0 Å². The Balaban J connectivity index is 1.32. The van der Waals surface area contributed by atoms with Gasteiger partial charge in [0.05, 0.1) is 18.9 Å². The minimum absolute atomic E-state index is 0.202. The van der Waals surface area contributed by atoms with Gasteiger partial charge in [-0.1, -0.05) is 36.4 Å². The van der Waals surface area contributed by atoms with E-state index >= 15 is 0 Å². The summed E-state index contributed by atoms with van der Waals surface area (Å²) >= 11 is 0. The normalized spacial score (nSPS) is 14.9. The minimum atomic E-state index is -0.202. The number of hydrogen-bond donors (Lipinski definition) is 1. The Morgan fingerprint density at radius 2 is 1.76 bits per heavy atom. The van der Waals surface area contributed by atoms with Crippen molar-refractivity contribution in [2.75, 3.05) is 13.2 Å². The van der Waals surface area contributed by atoms with Gasteiger partial charge in [0.2, 0.25) is 0 Å². The molecule has 1 aromatic heterocycles. The molecular weight excluding hydrogens is 314 g/mol. The third-order valence-electron chi connectivity index (χ3n) is 4.21. The maximum absolute atomic E-state index is 5.51. The van der Waals surface area contributed by atoms with Gasteiger partial charge in [0.1, 0.15) is 0 Å². The molecular formula is C20H21N3O2. The fraction of sp³-hybridized carbons (Fsp3) is 0.250. The zero-order valence-corrected chi connectivity index (χ0v) is 14.0. The summed E-state index contributed by atoms with van der Waals surface area (Å²) < 4.78 is 12.9. The van der Waals surface area contributed by atoms with Crippen LogP contribution >= 0.6 is 0 Å². The highest BCUT2D eigenvalue weighted by Gasteiger charge is 2.17. The lowest BCUT2D eigenvalue weighted by molar-refractivity contribution is -0.0441. The summed E-state index contributed by atoms with van der Waals surface area (Å²) in [5, 5.41) is 7.76. The van der Waals surface area contributed by atoms with E-state index in [0.717, 1.165) is 24.3 Å². The second-order valence-electron chi connectivity index (χ2n) is 6.04. The first-order valence-electron chi connectivity index (χ1n) is 8.50. The van der Waals surface area contributed by atoms with Gasteiger partial charge in [0.15, 0.2) is 6.29 Å². The number of rotatable bonds is 6. The molecule has 2 aromatic carbocycles. The molecule has 0 saturated carbocycles. The average Bonchev–Trinajstić information content (AvgIpc) is 3.37. The van der Waals surface area contributed by atoms with E-state index in [9.17, 15) is 0 Å². The van der Waals surface area contributed by atoms with E-state index in [0.29, 0.717) is 13.2 Å². The van der Waals surface area contributed by atoms with Gasteiger partial charge in [-0.25, -0.2) is 4.68 Å². The van der Waals surface area contributed by atoms with Crippen LogP contribution in [0.25, 0.3) is 5.69 Å². The molecule has 0 aliphatic carbocycles. The number of nitrogens with one attached hydrogen (secondary N) is 1. The lowest BCUT2D eigenvalue weighted by Gasteiger charge is -2.11. The summed E-state index contributed by atoms with van der Waals surface area (Å²) in [5.74, 6) is 0. The van der Waals surface area contributed by atoms with Gasteiger partial charge in [-0.2, -0.15) is 5.10 Å². The first-order chi connectivity index (χ1) is 12.4.